The van der Waals surface area contributed by atoms with E-state index in [1.54, 1.807) is 11.3 Å². The zero-order valence-electron chi connectivity index (χ0n) is 10.7. The van der Waals surface area contributed by atoms with Crippen molar-refractivity contribution < 1.29 is 4.63 Å². The number of hydrogen-bond acceptors (Lipinski definition) is 7. The Kier molecular flexibility index (Phi) is 3.22. The predicted molar refractivity (Wildman–Crippen MR) is 71.6 cm³/mol. The molecule has 0 bridgehead atoms. The molecule has 7 heteroatoms. The first-order valence-corrected chi connectivity index (χ1v) is 6.71. The van der Waals surface area contributed by atoms with Gasteiger partial charge >= 0.3 is 0 Å². The van der Waals surface area contributed by atoms with Gasteiger partial charge in [0.25, 0.3) is 0 Å². The van der Waals surface area contributed by atoms with Crippen LogP contribution < -0.4 is 0 Å². The van der Waals surface area contributed by atoms with E-state index in [4.69, 9.17) is 4.63 Å². The van der Waals surface area contributed by atoms with Crippen molar-refractivity contribution in [3.8, 4) is 0 Å². The molecule has 19 heavy (non-hydrogen) atoms. The molecule has 0 radical (unpaired) electrons. The molecule has 3 aromatic rings. The summed E-state index contributed by atoms with van der Waals surface area (Å²) >= 11 is 1.63. The number of benzene rings is 1. The van der Waals surface area contributed by atoms with Gasteiger partial charge in [-0.1, -0.05) is 6.07 Å². The molecule has 2 heterocycles. The zero-order valence-corrected chi connectivity index (χ0v) is 11.5. The largest absolute Gasteiger partial charge is 0.295 e. The third kappa shape index (κ3) is 2.77. The smallest absolute Gasteiger partial charge is 0.135 e. The van der Waals surface area contributed by atoms with E-state index in [0.717, 1.165) is 34.1 Å². The predicted octanol–water partition coefficient (Wildman–Crippen LogP) is 2.01. The second-order valence-electron chi connectivity index (χ2n) is 4.47. The summed E-state index contributed by atoms with van der Waals surface area (Å²) in [6.07, 6.45) is 0. The van der Waals surface area contributed by atoms with Gasteiger partial charge in [-0.2, -0.15) is 0 Å². The Balaban J connectivity index is 1.69. The lowest BCUT2D eigenvalue weighted by Crippen LogP contribution is -2.17. The highest BCUT2D eigenvalue weighted by Crippen LogP contribution is 2.15. The Hall–Kier alpha value is -1.86. The Bertz CT molecular complexity index is 692. The van der Waals surface area contributed by atoms with Crippen LogP contribution in [0.25, 0.3) is 11.0 Å². The van der Waals surface area contributed by atoms with Crippen molar-refractivity contribution in [1.29, 1.82) is 0 Å². The summed E-state index contributed by atoms with van der Waals surface area (Å²) in [5, 5.41) is 17.8. The second-order valence-corrected chi connectivity index (χ2v) is 5.74. The Labute approximate surface area is 114 Å². The van der Waals surface area contributed by atoms with Crippen molar-refractivity contribution in [1.82, 2.24) is 25.4 Å². The molecule has 0 unspecified atom stereocenters. The first kappa shape index (κ1) is 12.2. The summed E-state index contributed by atoms with van der Waals surface area (Å²) in [7, 11) is 2.06. The lowest BCUT2D eigenvalue weighted by atomic mass is 10.2. The van der Waals surface area contributed by atoms with Crippen molar-refractivity contribution in [3.05, 3.63) is 33.8 Å². The van der Waals surface area contributed by atoms with Crippen LogP contribution in [-0.2, 0) is 13.1 Å². The molecular formula is C12H13N5OS. The molecule has 0 N–H and O–H groups in total. The summed E-state index contributed by atoms with van der Waals surface area (Å²) < 4.78 is 4.69. The quantitative estimate of drug-likeness (QED) is 0.725. The van der Waals surface area contributed by atoms with Crippen LogP contribution in [0, 0.1) is 6.92 Å². The molecule has 0 saturated heterocycles. The number of hydrogen-bond donors (Lipinski definition) is 0. The molecule has 2 aromatic heterocycles. The minimum absolute atomic E-state index is 0.783. The maximum atomic E-state index is 4.69. The molecule has 0 spiro atoms. The molecule has 0 aliphatic heterocycles. The van der Waals surface area contributed by atoms with Crippen molar-refractivity contribution in [3.63, 3.8) is 0 Å². The zero-order chi connectivity index (χ0) is 13.2. The van der Waals surface area contributed by atoms with Crippen LogP contribution in [0.4, 0.5) is 0 Å². The fourth-order valence-electron chi connectivity index (χ4n) is 1.93. The van der Waals surface area contributed by atoms with Crippen molar-refractivity contribution in [2.75, 3.05) is 7.05 Å². The van der Waals surface area contributed by atoms with Gasteiger partial charge in [0, 0.05) is 6.54 Å². The highest BCUT2D eigenvalue weighted by Gasteiger charge is 2.07. The molecule has 0 fully saturated rings. The molecule has 6 nitrogen and oxygen atoms in total. The summed E-state index contributed by atoms with van der Waals surface area (Å²) in [5.74, 6) is 0. The molecule has 0 aliphatic carbocycles. The number of rotatable bonds is 4. The fraction of sp³-hybridized carbons (Fsp3) is 0.333. The van der Waals surface area contributed by atoms with E-state index in [1.807, 2.05) is 25.1 Å². The van der Waals surface area contributed by atoms with Gasteiger partial charge in [0.1, 0.15) is 21.0 Å². The third-order valence-corrected chi connectivity index (χ3v) is 3.57. The maximum absolute atomic E-state index is 4.69. The first-order chi connectivity index (χ1) is 9.20. The van der Waals surface area contributed by atoms with Gasteiger partial charge in [0.2, 0.25) is 0 Å². The van der Waals surface area contributed by atoms with E-state index in [9.17, 15) is 0 Å². The van der Waals surface area contributed by atoms with Crippen molar-refractivity contribution >= 4 is 22.4 Å². The first-order valence-electron chi connectivity index (χ1n) is 5.89. The Morgan fingerprint density at radius 3 is 2.79 bits per heavy atom. The lowest BCUT2D eigenvalue weighted by Gasteiger charge is -2.14. The van der Waals surface area contributed by atoms with Crippen LogP contribution in [0.1, 0.15) is 15.6 Å². The summed E-state index contributed by atoms with van der Waals surface area (Å²) in [6.45, 7) is 3.58. The highest BCUT2D eigenvalue weighted by molar-refractivity contribution is 7.11. The summed E-state index contributed by atoms with van der Waals surface area (Å²) in [6, 6.07) is 5.95. The number of nitrogens with zero attached hydrogens (tertiary/aromatic N) is 5. The standard InChI is InChI=1S/C12H13N5OS/c1-8-13-14-12(19-8)7-17(2)6-9-3-4-10-11(5-9)16-18-15-10/h3-5H,6-7H2,1-2H3. The monoisotopic (exact) mass is 275 g/mol. The van der Waals surface area contributed by atoms with Gasteiger partial charge in [-0.15, -0.1) is 21.5 Å². The van der Waals surface area contributed by atoms with Gasteiger partial charge in [0.05, 0.1) is 6.54 Å². The molecule has 98 valence electrons. The van der Waals surface area contributed by atoms with Crippen LogP contribution in [0.2, 0.25) is 0 Å². The molecular weight excluding hydrogens is 262 g/mol. The minimum atomic E-state index is 0.783. The minimum Gasteiger partial charge on any atom is -0.295 e. The van der Waals surface area contributed by atoms with Crippen LogP contribution in [0.15, 0.2) is 22.8 Å². The van der Waals surface area contributed by atoms with Crippen molar-refractivity contribution in [2.24, 2.45) is 0 Å². The van der Waals surface area contributed by atoms with E-state index in [1.165, 1.54) is 5.56 Å². The molecule has 0 aliphatic rings. The normalized spacial score (nSPS) is 11.5. The van der Waals surface area contributed by atoms with Crippen LogP contribution >= 0.6 is 11.3 Å². The number of aromatic nitrogens is 4. The molecule has 0 amide bonds. The van der Waals surface area contributed by atoms with Crippen LogP contribution in [0.3, 0.4) is 0 Å². The van der Waals surface area contributed by atoms with E-state index >= 15 is 0 Å². The van der Waals surface area contributed by atoms with Gasteiger partial charge in [-0.05, 0) is 42.0 Å². The maximum Gasteiger partial charge on any atom is 0.135 e. The number of aryl methyl sites for hydroxylation is 1. The molecule has 0 saturated carbocycles. The molecule has 0 atom stereocenters. The topological polar surface area (TPSA) is 67.9 Å². The fourth-order valence-corrected chi connectivity index (χ4v) is 2.72. The van der Waals surface area contributed by atoms with Gasteiger partial charge < -0.3 is 0 Å². The average Bonchev–Trinajstić information content (AvgIpc) is 2.97. The average molecular weight is 275 g/mol. The van der Waals surface area contributed by atoms with Crippen molar-refractivity contribution in [2.45, 2.75) is 20.0 Å². The van der Waals surface area contributed by atoms with Crippen LogP contribution in [-0.4, -0.2) is 32.5 Å². The SMILES string of the molecule is Cc1nnc(CN(C)Cc2ccc3nonc3c2)s1. The summed E-state index contributed by atoms with van der Waals surface area (Å²) in [4.78, 5) is 2.19. The molecule has 1 aromatic carbocycles. The van der Waals surface area contributed by atoms with E-state index in [0.29, 0.717) is 0 Å². The Morgan fingerprint density at radius 2 is 2.00 bits per heavy atom. The van der Waals surface area contributed by atoms with Gasteiger partial charge in [0.15, 0.2) is 0 Å². The lowest BCUT2D eigenvalue weighted by molar-refractivity contribution is 0.314. The molecule has 3 rings (SSSR count). The van der Waals surface area contributed by atoms with Crippen LogP contribution in [0.5, 0.6) is 0 Å². The second kappa shape index (κ2) is 5.02. The van der Waals surface area contributed by atoms with E-state index in [-0.39, 0.29) is 0 Å². The van der Waals surface area contributed by atoms with E-state index in [2.05, 4.69) is 32.5 Å². The highest BCUT2D eigenvalue weighted by atomic mass is 32.1. The van der Waals surface area contributed by atoms with Gasteiger partial charge in [-0.3, -0.25) is 4.90 Å². The third-order valence-electron chi connectivity index (χ3n) is 2.74. The Morgan fingerprint density at radius 1 is 1.16 bits per heavy atom. The number of fused-ring (bicyclic) bond motifs is 1. The van der Waals surface area contributed by atoms with E-state index < -0.39 is 0 Å². The van der Waals surface area contributed by atoms with Gasteiger partial charge in [-0.25, -0.2) is 4.63 Å². The summed E-state index contributed by atoms with van der Waals surface area (Å²) in [5.41, 5.74) is 2.75.